The molecule has 1 fully saturated rings. The highest BCUT2D eigenvalue weighted by atomic mass is 16.1. The Morgan fingerprint density at radius 1 is 0.967 bits per heavy atom. The van der Waals surface area contributed by atoms with Gasteiger partial charge in [0.2, 0.25) is 5.91 Å². The van der Waals surface area contributed by atoms with Crippen LogP contribution in [0, 0.1) is 0 Å². The summed E-state index contributed by atoms with van der Waals surface area (Å²) in [5, 5.41) is 9.65. The zero-order valence-corrected chi connectivity index (χ0v) is 17.8. The molecule has 1 heterocycles. The van der Waals surface area contributed by atoms with Crippen molar-refractivity contribution in [1.82, 2.24) is 20.9 Å². The van der Waals surface area contributed by atoms with Crippen LogP contribution in [0.15, 0.2) is 65.7 Å². The molecule has 3 rings (SSSR count). The molecule has 1 atom stereocenters. The Morgan fingerprint density at radius 3 is 2.30 bits per heavy atom. The fourth-order valence-corrected chi connectivity index (χ4v) is 3.78. The quantitative estimate of drug-likeness (QED) is 0.442. The number of guanidine groups is 1. The lowest BCUT2D eigenvalue weighted by Gasteiger charge is -2.29. The second-order valence-electron chi connectivity index (χ2n) is 7.56. The Balaban J connectivity index is 1.42. The smallest absolute Gasteiger partial charge is 0.222 e. The molecule has 6 nitrogen and oxygen atoms in total. The molecule has 1 aliphatic rings. The fourth-order valence-electron chi connectivity index (χ4n) is 3.78. The first-order chi connectivity index (χ1) is 14.8. The van der Waals surface area contributed by atoms with Gasteiger partial charge in [-0.2, -0.15) is 0 Å². The topological polar surface area (TPSA) is 68.8 Å². The fraction of sp³-hybridized carbons (Fsp3) is 0.417. The van der Waals surface area contributed by atoms with Gasteiger partial charge in [-0.3, -0.25) is 14.7 Å². The monoisotopic (exact) mass is 407 g/mol. The van der Waals surface area contributed by atoms with Gasteiger partial charge in [0.05, 0.1) is 6.04 Å². The van der Waals surface area contributed by atoms with Crippen molar-refractivity contribution in [3.05, 3.63) is 71.8 Å². The SMILES string of the molecule is CN=C(NCCC(=O)NCc1ccccc1)NCC(c1ccccc1)N1CCCC1. The number of hydrogen-bond acceptors (Lipinski definition) is 3. The molecule has 1 aliphatic heterocycles. The van der Waals surface area contributed by atoms with Crippen LogP contribution in [0.3, 0.4) is 0 Å². The maximum Gasteiger partial charge on any atom is 0.222 e. The Hall–Kier alpha value is -2.86. The van der Waals surface area contributed by atoms with Crippen LogP contribution >= 0.6 is 0 Å². The maximum absolute atomic E-state index is 12.1. The van der Waals surface area contributed by atoms with Gasteiger partial charge in [0, 0.05) is 33.1 Å². The van der Waals surface area contributed by atoms with E-state index < -0.39 is 0 Å². The first-order valence-corrected chi connectivity index (χ1v) is 10.8. The molecule has 1 unspecified atom stereocenters. The summed E-state index contributed by atoms with van der Waals surface area (Å²) in [6.45, 7) is 4.15. The number of nitrogens with one attached hydrogen (secondary N) is 3. The van der Waals surface area contributed by atoms with Gasteiger partial charge in [-0.1, -0.05) is 60.7 Å². The zero-order valence-electron chi connectivity index (χ0n) is 17.8. The first kappa shape index (κ1) is 21.8. The average molecular weight is 408 g/mol. The predicted molar refractivity (Wildman–Crippen MR) is 122 cm³/mol. The molecule has 0 saturated carbocycles. The van der Waals surface area contributed by atoms with E-state index in [-0.39, 0.29) is 5.91 Å². The van der Waals surface area contributed by atoms with Crippen LogP contribution in [0.25, 0.3) is 0 Å². The Kier molecular flexibility index (Phi) is 8.72. The van der Waals surface area contributed by atoms with Crippen LogP contribution in [-0.4, -0.2) is 50.0 Å². The summed E-state index contributed by atoms with van der Waals surface area (Å²) in [5.41, 5.74) is 2.42. The minimum Gasteiger partial charge on any atom is -0.356 e. The van der Waals surface area contributed by atoms with Crippen LogP contribution in [0.4, 0.5) is 0 Å². The summed E-state index contributed by atoms with van der Waals surface area (Å²) in [6, 6.07) is 20.9. The summed E-state index contributed by atoms with van der Waals surface area (Å²) >= 11 is 0. The summed E-state index contributed by atoms with van der Waals surface area (Å²) in [5.74, 6) is 0.757. The lowest BCUT2D eigenvalue weighted by atomic mass is 10.1. The third-order valence-electron chi connectivity index (χ3n) is 5.43. The van der Waals surface area contributed by atoms with E-state index in [1.54, 1.807) is 7.05 Å². The molecule has 1 saturated heterocycles. The highest BCUT2D eigenvalue weighted by Gasteiger charge is 2.23. The molecule has 0 radical (unpaired) electrons. The second-order valence-corrected chi connectivity index (χ2v) is 7.56. The van der Waals surface area contributed by atoms with Gasteiger partial charge in [-0.15, -0.1) is 0 Å². The van der Waals surface area contributed by atoms with Crippen molar-refractivity contribution in [3.8, 4) is 0 Å². The summed E-state index contributed by atoms with van der Waals surface area (Å²) < 4.78 is 0. The van der Waals surface area contributed by atoms with Gasteiger partial charge < -0.3 is 16.0 Å². The van der Waals surface area contributed by atoms with Crippen LogP contribution in [0.2, 0.25) is 0 Å². The number of carbonyl (C=O) groups is 1. The van der Waals surface area contributed by atoms with Crippen molar-refractivity contribution < 1.29 is 4.79 Å². The van der Waals surface area contributed by atoms with E-state index in [0.29, 0.717) is 25.6 Å². The van der Waals surface area contributed by atoms with Crippen molar-refractivity contribution in [3.63, 3.8) is 0 Å². The molecule has 1 amide bonds. The predicted octanol–water partition coefficient (Wildman–Crippen LogP) is 2.69. The van der Waals surface area contributed by atoms with Crippen LogP contribution in [0.1, 0.15) is 36.4 Å². The van der Waals surface area contributed by atoms with E-state index in [0.717, 1.165) is 31.2 Å². The third kappa shape index (κ3) is 6.88. The number of rotatable bonds is 9. The molecule has 0 bridgehead atoms. The maximum atomic E-state index is 12.1. The zero-order chi connectivity index (χ0) is 21.0. The van der Waals surface area contributed by atoms with Crippen molar-refractivity contribution in [2.24, 2.45) is 4.99 Å². The summed E-state index contributed by atoms with van der Waals surface area (Å²) in [4.78, 5) is 18.9. The summed E-state index contributed by atoms with van der Waals surface area (Å²) in [6.07, 6.45) is 2.92. The lowest BCUT2D eigenvalue weighted by molar-refractivity contribution is -0.121. The largest absolute Gasteiger partial charge is 0.356 e. The molecule has 160 valence electrons. The van der Waals surface area contributed by atoms with Gasteiger partial charge in [0.25, 0.3) is 0 Å². The minimum atomic E-state index is 0.0287. The van der Waals surface area contributed by atoms with Crippen LogP contribution in [-0.2, 0) is 11.3 Å². The molecule has 0 aromatic heterocycles. The molecule has 2 aromatic carbocycles. The van der Waals surface area contributed by atoms with Gasteiger partial charge in [-0.05, 0) is 37.1 Å². The molecular formula is C24H33N5O. The minimum absolute atomic E-state index is 0.0287. The molecule has 3 N–H and O–H groups in total. The molecule has 6 heteroatoms. The first-order valence-electron chi connectivity index (χ1n) is 10.8. The molecule has 30 heavy (non-hydrogen) atoms. The van der Waals surface area contributed by atoms with Crippen molar-refractivity contribution in [2.75, 3.05) is 33.2 Å². The van der Waals surface area contributed by atoms with Crippen LogP contribution in [0.5, 0.6) is 0 Å². The van der Waals surface area contributed by atoms with Crippen molar-refractivity contribution >= 4 is 11.9 Å². The van der Waals surface area contributed by atoms with Gasteiger partial charge >= 0.3 is 0 Å². The Bertz CT molecular complexity index is 788. The number of aliphatic imine (C=N–C) groups is 1. The average Bonchev–Trinajstić information content (AvgIpc) is 3.32. The lowest BCUT2D eigenvalue weighted by Crippen LogP contribution is -2.43. The molecule has 2 aromatic rings. The van der Waals surface area contributed by atoms with E-state index in [1.165, 1.54) is 18.4 Å². The Morgan fingerprint density at radius 2 is 1.63 bits per heavy atom. The molecule has 0 spiro atoms. The number of hydrogen-bond donors (Lipinski definition) is 3. The second kappa shape index (κ2) is 12.0. The number of likely N-dealkylation sites (tertiary alicyclic amines) is 1. The highest BCUT2D eigenvalue weighted by molar-refractivity contribution is 5.81. The number of amides is 1. The Labute approximate surface area is 179 Å². The van der Waals surface area contributed by atoms with E-state index in [4.69, 9.17) is 0 Å². The molecular weight excluding hydrogens is 374 g/mol. The summed E-state index contributed by atoms with van der Waals surface area (Å²) in [7, 11) is 1.76. The van der Waals surface area contributed by atoms with Crippen molar-refractivity contribution in [2.45, 2.75) is 31.8 Å². The van der Waals surface area contributed by atoms with Crippen molar-refractivity contribution in [1.29, 1.82) is 0 Å². The van der Waals surface area contributed by atoms with Gasteiger partial charge in [0.15, 0.2) is 5.96 Å². The number of benzene rings is 2. The number of carbonyl (C=O) groups excluding carboxylic acids is 1. The number of nitrogens with zero attached hydrogens (tertiary/aromatic N) is 2. The normalized spacial score (nSPS) is 15.6. The highest BCUT2D eigenvalue weighted by Crippen LogP contribution is 2.24. The van der Waals surface area contributed by atoms with E-state index >= 15 is 0 Å². The van der Waals surface area contributed by atoms with E-state index in [2.05, 4.69) is 56.2 Å². The van der Waals surface area contributed by atoms with Crippen LogP contribution < -0.4 is 16.0 Å². The third-order valence-corrected chi connectivity index (χ3v) is 5.43. The van der Waals surface area contributed by atoms with E-state index in [9.17, 15) is 4.79 Å². The van der Waals surface area contributed by atoms with Gasteiger partial charge in [0.1, 0.15) is 0 Å². The van der Waals surface area contributed by atoms with Gasteiger partial charge in [-0.25, -0.2) is 0 Å². The standard InChI is InChI=1S/C24H33N5O/c1-25-24(26-15-14-23(30)27-18-20-10-4-2-5-11-20)28-19-22(29-16-8-9-17-29)21-12-6-3-7-13-21/h2-7,10-13,22H,8-9,14-19H2,1H3,(H,27,30)(H2,25,26,28). The molecule has 0 aliphatic carbocycles. The van der Waals surface area contributed by atoms with E-state index in [1.807, 2.05) is 30.3 Å².